The van der Waals surface area contributed by atoms with E-state index < -0.39 is 17.8 Å². The van der Waals surface area contributed by atoms with Crippen LogP contribution in [0.15, 0.2) is 69.1 Å². The van der Waals surface area contributed by atoms with Gasteiger partial charge >= 0.3 is 6.03 Å². The smallest absolute Gasteiger partial charge is 0.335 e. The van der Waals surface area contributed by atoms with E-state index in [2.05, 4.69) is 59.8 Å². The molecule has 0 bridgehead atoms. The number of nitrogens with zero attached hydrogens (tertiary/aromatic N) is 1. The highest BCUT2D eigenvalue weighted by Crippen LogP contribution is 2.36. The number of carbonyl (C=O) groups is 3. The molecule has 3 aromatic carbocycles. The summed E-state index contributed by atoms with van der Waals surface area (Å²) in [6.07, 6.45) is 1.45. The average Bonchev–Trinajstić information content (AvgIpc) is 2.79. The lowest BCUT2D eigenvalue weighted by atomic mass is 10.0. The second kappa shape index (κ2) is 10.6. The van der Waals surface area contributed by atoms with E-state index in [1.54, 1.807) is 24.3 Å². The van der Waals surface area contributed by atoms with Crippen LogP contribution < -0.4 is 15.0 Å². The van der Waals surface area contributed by atoms with Crippen LogP contribution in [-0.4, -0.2) is 17.8 Å². The maximum Gasteiger partial charge on any atom is 0.335 e. The van der Waals surface area contributed by atoms with Gasteiger partial charge in [-0.1, -0.05) is 18.2 Å². The predicted molar refractivity (Wildman–Crippen MR) is 150 cm³/mol. The van der Waals surface area contributed by atoms with Gasteiger partial charge in [0.15, 0.2) is 0 Å². The number of imide groups is 2. The van der Waals surface area contributed by atoms with Gasteiger partial charge in [-0.25, -0.2) is 9.69 Å². The summed E-state index contributed by atoms with van der Waals surface area (Å²) in [5, 5.41) is 2.26. The van der Waals surface area contributed by atoms with Crippen LogP contribution in [0, 0.1) is 17.4 Å². The van der Waals surface area contributed by atoms with E-state index in [4.69, 9.17) is 4.74 Å². The van der Waals surface area contributed by atoms with E-state index in [0.717, 1.165) is 25.2 Å². The lowest BCUT2D eigenvalue weighted by Crippen LogP contribution is -2.54. The van der Waals surface area contributed by atoms with Crippen LogP contribution in [0.2, 0.25) is 0 Å². The summed E-state index contributed by atoms with van der Waals surface area (Å²) in [6.45, 7) is 4.21. The number of halogens is 3. The third-order valence-corrected chi connectivity index (χ3v) is 7.38. The van der Waals surface area contributed by atoms with Gasteiger partial charge in [-0.3, -0.25) is 14.9 Å². The van der Waals surface area contributed by atoms with Gasteiger partial charge in [0, 0.05) is 3.57 Å². The standard InChI is InChI=1S/C26H19Br2IN2O4/c1-14-3-8-19(9-15(14)2)31-25(33)20(24(32)30-26(31)34)10-17-11-21(27)23(22(28)12-17)35-13-16-4-6-18(29)7-5-16/h3-12H,13H2,1-2H3,(H,30,32,34)/b20-10+. The molecule has 1 fully saturated rings. The van der Waals surface area contributed by atoms with Crippen molar-refractivity contribution in [3.05, 3.63) is 94.9 Å². The number of amides is 4. The maximum absolute atomic E-state index is 13.2. The number of anilines is 1. The van der Waals surface area contributed by atoms with Crippen molar-refractivity contribution in [3.8, 4) is 5.75 Å². The van der Waals surface area contributed by atoms with E-state index in [1.165, 1.54) is 6.08 Å². The first-order chi connectivity index (χ1) is 16.6. The maximum atomic E-state index is 13.2. The Labute approximate surface area is 233 Å². The summed E-state index contributed by atoms with van der Waals surface area (Å²) in [4.78, 5) is 39.2. The molecule has 1 N–H and O–H groups in total. The van der Waals surface area contributed by atoms with Crippen molar-refractivity contribution in [2.24, 2.45) is 0 Å². The molecule has 9 heteroatoms. The Bertz CT molecular complexity index is 1360. The van der Waals surface area contributed by atoms with Crippen molar-refractivity contribution in [2.75, 3.05) is 4.90 Å². The number of rotatable bonds is 5. The van der Waals surface area contributed by atoms with E-state index >= 15 is 0 Å². The molecule has 178 valence electrons. The Morgan fingerprint density at radius 2 is 1.60 bits per heavy atom. The number of benzene rings is 3. The Balaban J connectivity index is 1.61. The van der Waals surface area contributed by atoms with Gasteiger partial charge in [-0.05, 0) is 133 Å². The molecular formula is C26H19Br2IN2O4. The first kappa shape index (κ1) is 25.6. The fraction of sp³-hybridized carbons (Fsp3) is 0.115. The number of ether oxygens (including phenoxy) is 1. The number of carbonyl (C=O) groups excluding carboxylic acids is 3. The molecule has 4 amide bonds. The number of hydrogen-bond acceptors (Lipinski definition) is 4. The Kier molecular flexibility index (Phi) is 7.77. The van der Waals surface area contributed by atoms with Gasteiger partial charge in [0.25, 0.3) is 11.8 Å². The lowest BCUT2D eigenvalue weighted by molar-refractivity contribution is -0.122. The minimum Gasteiger partial charge on any atom is -0.487 e. The third-order valence-electron chi connectivity index (χ3n) is 5.48. The van der Waals surface area contributed by atoms with Gasteiger partial charge in [0.1, 0.15) is 17.9 Å². The van der Waals surface area contributed by atoms with Crippen LogP contribution >= 0.6 is 54.5 Å². The highest BCUT2D eigenvalue weighted by molar-refractivity contribution is 14.1. The minimum atomic E-state index is -0.776. The van der Waals surface area contributed by atoms with Gasteiger partial charge in [-0.2, -0.15) is 0 Å². The summed E-state index contributed by atoms with van der Waals surface area (Å²) in [7, 11) is 0. The van der Waals surface area contributed by atoms with Crippen molar-refractivity contribution in [3.63, 3.8) is 0 Å². The number of hydrogen-bond donors (Lipinski definition) is 1. The molecule has 0 atom stereocenters. The molecule has 3 aromatic rings. The predicted octanol–water partition coefficient (Wildman–Crippen LogP) is 6.68. The lowest BCUT2D eigenvalue weighted by Gasteiger charge is -2.27. The molecule has 0 radical (unpaired) electrons. The molecule has 1 heterocycles. The second-order valence-electron chi connectivity index (χ2n) is 7.96. The average molecular weight is 710 g/mol. The van der Waals surface area contributed by atoms with Crippen LogP contribution in [0.3, 0.4) is 0 Å². The van der Waals surface area contributed by atoms with E-state index in [0.29, 0.717) is 32.6 Å². The van der Waals surface area contributed by atoms with Crippen LogP contribution in [0.1, 0.15) is 22.3 Å². The van der Waals surface area contributed by atoms with E-state index in [-0.39, 0.29) is 5.57 Å². The molecule has 1 aliphatic heterocycles. The zero-order valence-electron chi connectivity index (χ0n) is 18.7. The molecule has 35 heavy (non-hydrogen) atoms. The normalized spacial score (nSPS) is 14.9. The first-order valence-corrected chi connectivity index (χ1v) is 13.2. The molecule has 1 aliphatic rings. The minimum absolute atomic E-state index is 0.144. The molecule has 0 aromatic heterocycles. The van der Waals surface area contributed by atoms with Gasteiger partial charge in [-0.15, -0.1) is 0 Å². The monoisotopic (exact) mass is 708 g/mol. The Morgan fingerprint density at radius 3 is 2.23 bits per heavy atom. The Morgan fingerprint density at radius 1 is 0.943 bits per heavy atom. The molecule has 0 spiro atoms. The van der Waals surface area contributed by atoms with Crippen molar-refractivity contribution in [2.45, 2.75) is 20.5 Å². The zero-order chi connectivity index (χ0) is 25.3. The zero-order valence-corrected chi connectivity index (χ0v) is 24.0. The molecule has 0 aliphatic carbocycles. The molecule has 1 saturated heterocycles. The summed E-state index contributed by atoms with van der Waals surface area (Å²) in [5.41, 5.74) is 3.82. The highest BCUT2D eigenvalue weighted by Gasteiger charge is 2.37. The summed E-state index contributed by atoms with van der Waals surface area (Å²) in [6, 6.07) is 16.0. The fourth-order valence-corrected chi connectivity index (χ4v) is 5.27. The van der Waals surface area contributed by atoms with E-state index in [1.807, 2.05) is 44.2 Å². The topological polar surface area (TPSA) is 75.7 Å². The van der Waals surface area contributed by atoms with Crippen molar-refractivity contribution in [1.29, 1.82) is 0 Å². The van der Waals surface area contributed by atoms with Crippen LogP contribution in [-0.2, 0) is 16.2 Å². The Hall–Kier alpha value is -2.50. The van der Waals surface area contributed by atoms with Gasteiger partial charge in [0.2, 0.25) is 0 Å². The molecule has 4 rings (SSSR count). The van der Waals surface area contributed by atoms with Gasteiger partial charge in [0.05, 0.1) is 14.6 Å². The molecule has 6 nitrogen and oxygen atoms in total. The second-order valence-corrected chi connectivity index (χ2v) is 10.9. The van der Waals surface area contributed by atoms with Crippen LogP contribution in [0.4, 0.5) is 10.5 Å². The third kappa shape index (κ3) is 5.68. The first-order valence-electron chi connectivity index (χ1n) is 10.5. The SMILES string of the molecule is Cc1ccc(N2C(=O)NC(=O)/C(=C\c3cc(Br)c(OCc4ccc(I)cc4)c(Br)c3)C2=O)cc1C. The molecule has 0 saturated carbocycles. The molecule has 0 unspecified atom stereocenters. The van der Waals surface area contributed by atoms with E-state index in [9.17, 15) is 14.4 Å². The van der Waals surface area contributed by atoms with Gasteiger partial charge < -0.3 is 4.74 Å². The number of nitrogens with one attached hydrogen (secondary N) is 1. The van der Waals surface area contributed by atoms with Crippen LogP contribution in [0.25, 0.3) is 6.08 Å². The molecular weight excluding hydrogens is 691 g/mol. The quantitative estimate of drug-likeness (QED) is 0.182. The number of aryl methyl sites for hydroxylation is 2. The van der Waals surface area contributed by atoms with Crippen LogP contribution in [0.5, 0.6) is 5.75 Å². The summed E-state index contributed by atoms with van der Waals surface area (Å²) in [5.74, 6) is -0.836. The van der Waals surface area contributed by atoms with Crippen molar-refractivity contribution < 1.29 is 19.1 Å². The fourth-order valence-electron chi connectivity index (χ4n) is 3.46. The van der Waals surface area contributed by atoms with Crippen molar-refractivity contribution >= 4 is 84.1 Å². The number of urea groups is 1. The van der Waals surface area contributed by atoms with Crippen molar-refractivity contribution in [1.82, 2.24) is 5.32 Å². The highest BCUT2D eigenvalue weighted by atomic mass is 127. The summed E-state index contributed by atoms with van der Waals surface area (Å²) < 4.78 is 8.41. The number of barbiturate groups is 1. The largest absolute Gasteiger partial charge is 0.487 e. The summed E-state index contributed by atoms with van der Waals surface area (Å²) >= 11 is 9.28.